The molecule has 1 atom stereocenters. The van der Waals surface area contributed by atoms with Crippen molar-refractivity contribution in [1.82, 2.24) is 20.9 Å². The lowest BCUT2D eigenvalue weighted by atomic mass is 10.2. The second kappa shape index (κ2) is 6.42. The number of hydrogen-bond acceptors (Lipinski definition) is 4. The first-order chi connectivity index (χ1) is 9.97. The van der Waals surface area contributed by atoms with Gasteiger partial charge in [-0.1, -0.05) is 0 Å². The third kappa shape index (κ3) is 4.33. The predicted molar refractivity (Wildman–Crippen MR) is 70.3 cm³/mol. The molecule has 1 saturated carbocycles. The van der Waals surface area contributed by atoms with E-state index in [4.69, 9.17) is 5.11 Å². The fraction of sp³-hybridized carbons (Fsp3) is 0.667. The van der Waals surface area contributed by atoms with Crippen molar-refractivity contribution in [3.8, 4) is 0 Å². The molecule has 2 rings (SSSR count). The van der Waals surface area contributed by atoms with Crippen LogP contribution < -0.4 is 16.0 Å². The molecule has 0 aromatic rings. The molecule has 9 nitrogen and oxygen atoms in total. The first-order valence-electron chi connectivity index (χ1n) is 6.80. The van der Waals surface area contributed by atoms with E-state index in [0.29, 0.717) is 0 Å². The average molecular weight is 298 g/mol. The second-order valence-corrected chi connectivity index (χ2v) is 5.11. The maximum Gasteiger partial charge on any atom is 0.328 e. The van der Waals surface area contributed by atoms with E-state index in [1.165, 1.54) is 0 Å². The molecule has 1 saturated heterocycles. The Morgan fingerprint density at radius 2 is 2.05 bits per heavy atom. The molecule has 0 bridgehead atoms. The molecule has 21 heavy (non-hydrogen) atoms. The quantitative estimate of drug-likeness (QED) is 0.478. The number of rotatable bonds is 5. The second-order valence-electron chi connectivity index (χ2n) is 5.11. The summed E-state index contributed by atoms with van der Waals surface area (Å²) in [5.41, 5.74) is 0. The molecular formula is C12H18N4O5. The van der Waals surface area contributed by atoms with Gasteiger partial charge in [0, 0.05) is 25.6 Å². The maximum absolute atomic E-state index is 11.9. The molecule has 0 aromatic heterocycles. The molecule has 4 amide bonds. The van der Waals surface area contributed by atoms with Gasteiger partial charge < -0.3 is 21.1 Å². The van der Waals surface area contributed by atoms with Crippen LogP contribution in [0.25, 0.3) is 0 Å². The average Bonchev–Trinajstić information content (AvgIpc) is 3.21. The number of urea groups is 1. The Morgan fingerprint density at radius 3 is 2.67 bits per heavy atom. The van der Waals surface area contributed by atoms with Crippen molar-refractivity contribution in [2.75, 3.05) is 19.6 Å². The Morgan fingerprint density at radius 1 is 1.33 bits per heavy atom. The molecule has 2 aliphatic rings. The minimum Gasteiger partial charge on any atom is -0.480 e. The largest absolute Gasteiger partial charge is 0.480 e. The number of carboxylic acids is 1. The SMILES string of the molecule is O=C1CN(C(=O)NCCC(=O)NC2CC2)C(C(=O)O)CN1. The van der Waals surface area contributed by atoms with Crippen LogP contribution in [0.3, 0.4) is 0 Å². The van der Waals surface area contributed by atoms with Gasteiger partial charge in [0.1, 0.15) is 12.6 Å². The van der Waals surface area contributed by atoms with Crippen molar-refractivity contribution < 1.29 is 24.3 Å². The van der Waals surface area contributed by atoms with Gasteiger partial charge in [-0.05, 0) is 12.8 Å². The molecule has 4 N–H and O–H groups in total. The first-order valence-corrected chi connectivity index (χ1v) is 6.80. The summed E-state index contributed by atoms with van der Waals surface area (Å²) in [7, 11) is 0. The van der Waals surface area contributed by atoms with Gasteiger partial charge in [0.05, 0.1) is 0 Å². The van der Waals surface area contributed by atoms with Crippen LogP contribution in [0.2, 0.25) is 0 Å². The highest BCUT2D eigenvalue weighted by Crippen LogP contribution is 2.18. The topological polar surface area (TPSA) is 128 Å². The lowest BCUT2D eigenvalue weighted by Gasteiger charge is -2.32. The highest BCUT2D eigenvalue weighted by Gasteiger charge is 2.35. The molecule has 1 aliphatic heterocycles. The smallest absolute Gasteiger partial charge is 0.328 e. The molecule has 9 heteroatoms. The van der Waals surface area contributed by atoms with Crippen molar-refractivity contribution in [1.29, 1.82) is 0 Å². The van der Waals surface area contributed by atoms with Crippen molar-refractivity contribution in [3.05, 3.63) is 0 Å². The standard InChI is InChI=1S/C12H18N4O5/c17-9(15-7-1-2-7)3-4-13-12(21)16-6-10(18)14-5-8(16)11(19)20/h7-8H,1-6H2,(H,13,21)(H,14,18)(H,15,17)(H,19,20). The zero-order valence-electron chi connectivity index (χ0n) is 11.4. The fourth-order valence-electron chi connectivity index (χ4n) is 1.99. The summed E-state index contributed by atoms with van der Waals surface area (Å²) in [6, 6.07) is -1.49. The number of carbonyl (C=O) groups excluding carboxylic acids is 3. The van der Waals surface area contributed by atoms with Crippen molar-refractivity contribution >= 4 is 23.8 Å². The third-order valence-corrected chi connectivity index (χ3v) is 3.30. The number of nitrogens with one attached hydrogen (secondary N) is 3. The van der Waals surface area contributed by atoms with Gasteiger partial charge in [0.2, 0.25) is 11.8 Å². The Balaban J connectivity index is 1.78. The van der Waals surface area contributed by atoms with Crippen molar-refractivity contribution in [2.24, 2.45) is 0 Å². The molecular weight excluding hydrogens is 280 g/mol. The summed E-state index contributed by atoms with van der Waals surface area (Å²) in [5, 5.41) is 16.7. The van der Waals surface area contributed by atoms with E-state index >= 15 is 0 Å². The summed E-state index contributed by atoms with van der Waals surface area (Å²) < 4.78 is 0. The Kier molecular flexibility index (Phi) is 4.61. The molecule has 0 radical (unpaired) electrons. The minimum atomic E-state index is -1.18. The number of amides is 4. The van der Waals surface area contributed by atoms with Gasteiger partial charge in [-0.2, -0.15) is 0 Å². The zero-order valence-corrected chi connectivity index (χ0v) is 11.4. The van der Waals surface area contributed by atoms with Gasteiger partial charge in [-0.25, -0.2) is 9.59 Å². The van der Waals surface area contributed by atoms with Crippen molar-refractivity contribution in [3.63, 3.8) is 0 Å². The molecule has 1 aliphatic carbocycles. The monoisotopic (exact) mass is 298 g/mol. The molecule has 0 aromatic carbocycles. The number of carboxylic acid groups (broad SMARTS) is 1. The van der Waals surface area contributed by atoms with E-state index in [0.717, 1.165) is 17.7 Å². The Bertz CT molecular complexity index is 463. The van der Waals surface area contributed by atoms with E-state index in [1.54, 1.807) is 0 Å². The lowest BCUT2D eigenvalue weighted by molar-refractivity contribution is -0.144. The van der Waals surface area contributed by atoms with Crippen LogP contribution in [-0.2, 0) is 14.4 Å². The van der Waals surface area contributed by atoms with Crippen molar-refractivity contribution in [2.45, 2.75) is 31.3 Å². The summed E-state index contributed by atoms with van der Waals surface area (Å²) in [6.07, 6.45) is 2.10. The van der Waals surface area contributed by atoms with Crippen LogP contribution in [-0.4, -0.2) is 65.5 Å². The van der Waals surface area contributed by atoms with E-state index in [1.807, 2.05) is 0 Å². The zero-order chi connectivity index (χ0) is 15.4. The van der Waals surface area contributed by atoms with Gasteiger partial charge in [0.25, 0.3) is 0 Å². The number of piperazine rings is 1. The number of nitrogens with zero attached hydrogens (tertiary/aromatic N) is 1. The van der Waals surface area contributed by atoms with E-state index in [9.17, 15) is 19.2 Å². The maximum atomic E-state index is 11.9. The lowest BCUT2D eigenvalue weighted by Crippen LogP contribution is -2.61. The van der Waals surface area contributed by atoms with Gasteiger partial charge in [-0.15, -0.1) is 0 Å². The molecule has 0 spiro atoms. The molecule has 1 unspecified atom stereocenters. The van der Waals surface area contributed by atoms with Crippen LogP contribution in [0.5, 0.6) is 0 Å². The molecule has 2 fully saturated rings. The van der Waals surface area contributed by atoms with E-state index in [-0.39, 0.29) is 38.0 Å². The summed E-state index contributed by atoms with van der Waals surface area (Å²) in [5.74, 6) is -1.74. The summed E-state index contributed by atoms with van der Waals surface area (Å²) in [6.45, 7) is -0.331. The summed E-state index contributed by atoms with van der Waals surface area (Å²) in [4.78, 5) is 46.6. The highest BCUT2D eigenvalue weighted by atomic mass is 16.4. The Labute approximate surface area is 121 Å². The fourth-order valence-corrected chi connectivity index (χ4v) is 1.99. The normalized spacial score (nSPS) is 21.4. The number of hydrogen-bond donors (Lipinski definition) is 4. The highest BCUT2D eigenvalue weighted by molar-refractivity contribution is 5.90. The summed E-state index contributed by atoms with van der Waals surface area (Å²) >= 11 is 0. The van der Waals surface area contributed by atoms with Crippen LogP contribution in [0.1, 0.15) is 19.3 Å². The van der Waals surface area contributed by atoms with Gasteiger partial charge in [0.15, 0.2) is 0 Å². The van der Waals surface area contributed by atoms with E-state index in [2.05, 4.69) is 16.0 Å². The number of aliphatic carboxylic acids is 1. The van der Waals surface area contributed by atoms with E-state index < -0.39 is 23.9 Å². The first kappa shape index (κ1) is 15.1. The minimum absolute atomic E-state index is 0.0991. The van der Waals surface area contributed by atoms with Gasteiger partial charge in [-0.3, -0.25) is 14.5 Å². The number of carbonyl (C=O) groups is 4. The predicted octanol–water partition coefficient (Wildman–Crippen LogP) is -1.75. The van der Waals surface area contributed by atoms with Crippen LogP contribution in [0.15, 0.2) is 0 Å². The van der Waals surface area contributed by atoms with Crippen LogP contribution in [0.4, 0.5) is 4.79 Å². The van der Waals surface area contributed by atoms with Crippen LogP contribution in [0, 0.1) is 0 Å². The molecule has 1 heterocycles. The van der Waals surface area contributed by atoms with Gasteiger partial charge >= 0.3 is 12.0 Å². The van der Waals surface area contributed by atoms with Crippen LogP contribution >= 0.6 is 0 Å². The third-order valence-electron chi connectivity index (χ3n) is 3.30. The Hall–Kier alpha value is -2.32. The molecule has 116 valence electrons.